The molecule has 6 heteroatoms. The van der Waals surface area contributed by atoms with Crippen LogP contribution < -0.4 is 14.8 Å². The SMILES string of the molecule is Cn1cc(C(=O)NCC2COc3ccccc3O2)cn1. The first-order valence-electron chi connectivity index (χ1n) is 6.38. The molecule has 1 N–H and O–H groups in total. The average molecular weight is 273 g/mol. The Labute approximate surface area is 116 Å². The minimum atomic E-state index is -0.189. The fourth-order valence-electron chi connectivity index (χ4n) is 2.01. The number of rotatable bonds is 3. The zero-order chi connectivity index (χ0) is 13.9. The number of aromatic nitrogens is 2. The molecule has 2 heterocycles. The summed E-state index contributed by atoms with van der Waals surface area (Å²) in [6, 6.07) is 7.50. The van der Waals surface area contributed by atoms with E-state index in [1.54, 1.807) is 17.9 Å². The number of para-hydroxylation sites is 2. The smallest absolute Gasteiger partial charge is 0.254 e. The quantitative estimate of drug-likeness (QED) is 0.905. The summed E-state index contributed by atoms with van der Waals surface area (Å²) in [4.78, 5) is 11.9. The van der Waals surface area contributed by atoms with Gasteiger partial charge in [-0.15, -0.1) is 0 Å². The molecule has 0 saturated carbocycles. The highest BCUT2D eigenvalue weighted by atomic mass is 16.6. The van der Waals surface area contributed by atoms with Crippen LogP contribution in [-0.4, -0.2) is 34.9 Å². The first kappa shape index (κ1) is 12.5. The van der Waals surface area contributed by atoms with E-state index in [-0.39, 0.29) is 12.0 Å². The molecule has 1 amide bonds. The van der Waals surface area contributed by atoms with Crippen LogP contribution in [0.1, 0.15) is 10.4 Å². The number of carbonyl (C=O) groups excluding carboxylic acids is 1. The lowest BCUT2D eigenvalue weighted by atomic mass is 10.2. The first-order valence-corrected chi connectivity index (χ1v) is 6.38. The van der Waals surface area contributed by atoms with Gasteiger partial charge in [-0.2, -0.15) is 5.10 Å². The third kappa shape index (κ3) is 2.59. The van der Waals surface area contributed by atoms with Crippen molar-refractivity contribution >= 4 is 5.91 Å². The van der Waals surface area contributed by atoms with Crippen LogP contribution in [0.2, 0.25) is 0 Å². The van der Waals surface area contributed by atoms with E-state index < -0.39 is 0 Å². The Kier molecular flexibility index (Phi) is 3.28. The lowest BCUT2D eigenvalue weighted by Crippen LogP contribution is -2.40. The van der Waals surface area contributed by atoms with Crippen LogP contribution in [0.25, 0.3) is 0 Å². The maximum atomic E-state index is 11.9. The molecular weight excluding hydrogens is 258 g/mol. The topological polar surface area (TPSA) is 65.4 Å². The summed E-state index contributed by atoms with van der Waals surface area (Å²) in [7, 11) is 1.77. The fourth-order valence-corrected chi connectivity index (χ4v) is 2.01. The lowest BCUT2D eigenvalue weighted by molar-refractivity contribution is 0.0789. The molecule has 20 heavy (non-hydrogen) atoms. The predicted octanol–water partition coefficient (Wildman–Crippen LogP) is 0.990. The number of hydrogen-bond donors (Lipinski definition) is 1. The highest BCUT2D eigenvalue weighted by Gasteiger charge is 2.21. The van der Waals surface area contributed by atoms with E-state index in [1.807, 2.05) is 24.3 Å². The van der Waals surface area contributed by atoms with E-state index in [9.17, 15) is 4.79 Å². The Morgan fingerprint density at radius 2 is 2.25 bits per heavy atom. The molecule has 1 unspecified atom stereocenters. The van der Waals surface area contributed by atoms with Crippen LogP contribution in [-0.2, 0) is 7.05 Å². The van der Waals surface area contributed by atoms with Gasteiger partial charge in [0.05, 0.1) is 18.3 Å². The van der Waals surface area contributed by atoms with Gasteiger partial charge in [0.15, 0.2) is 11.5 Å². The molecule has 0 radical (unpaired) electrons. The second-order valence-corrected chi connectivity index (χ2v) is 4.61. The van der Waals surface area contributed by atoms with Crippen molar-refractivity contribution in [2.45, 2.75) is 6.10 Å². The lowest BCUT2D eigenvalue weighted by Gasteiger charge is -2.26. The third-order valence-electron chi connectivity index (χ3n) is 3.02. The number of nitrogens with one attached hydrogen (secondary N) is 1. The van der Waals surface area contributed by atoms with Gasteiger partial charge in [-0.3, -0.25) is 9.48 Å². The van der Waals surface area contributed by atoms with Gasteiger partial charge in [0.25, 0.3) is 5.91 Å². The van der Waals surface area contributed by atoms with Crippen molar-refractivity contribution in [3.8, 4) is 11.5 Å². The van der Waals surface area contributed by atoms with E-state index in [2.05, 4.69) is 10.4 Å². The predicted molar refractivity (Wildman–Crippen MR) is 71.9 cm³/mol. The summed E-state index contributed by atoms with van der Waals surface area (Å²) in [6.45, 7) is 0.812. The Balaban J connectivity index is 1.56. The molecule has 6 nitrogen and oxygen atoms in total. The van der Waals surface area contributed by atoms with Crippen molar-refractivity contribution in [2.24, 2.45) is 7.05 Å². The molecule has 3 rings (SSSR count). The highest BCUT2D eigenvalue weighted by molar-refractivity contribution is 5.93. The number of amides is 1. The fraction of sp³-hybridized carbons (Fsp3) is 0.286. The molecule has 1 aromatic carbocycles. The van der Waals surface area contributed by atoms with E-state index >= 15 is 0 Å². The average Bonchev–Trinajstić information content (AvgIpc) is 2.91. The molecule has 0 fully saturated rings. The number of carbonyl (C=O) groups is 1. The van der Waals surface area contributed by atoms with Crippen molar-refractivity contribution in [3.05, 3.63) is 42.2 Å². The van der Waals surface area contributed by atoms with Crippen LogP contribution in [0.3, 0.4) is 0 Å². The minimum absolute atomic E-state index is 0.166. The summed E-state index contributed by atoms with van der Waals surface area (Å²) < 4.78 is 12.9. The molecule has 104 valence electrons. The number of aryl methyl sites for hydroxylation is 1. The van der Waals surface area contributed by atoms with Crippen LogP contribution >= 0.6 is 0 Å². The maximum Gasteiger partial charge on any atom is 0.254 e. The molecule has 1 atom stereocenters. The standard InChI is InChI=1S/C14H15N3O3/c1-17-8-10(6-16-17)14(18)15-7-11-9-19-12-4-2-3-5-13(12)20-11/h2-6,8,11H,7,9H2,1H3,(H,15,18). The Morgan fingerprint density at radius 1 is 1.45 bits per heavy atom. The Morgan fingerprint density at radius 3 is 3.00 bits per heavy atom. The van der Waals surface area contributed by atoms with Gasteiger partial charge < -0.3 is 14.8 Å². The molecule has 2 aromatic rings. The van der Waals surface area contributed by atoms with Crippen molar-refractivity contribution in [1.82, 2.24) is 15.1 Å². The summed E-state index contributed by atoms with van der Waals surface area (Å²) in [5.41, 5.74) is 0.532. The second-order valence-electron chi connectivity index (χ2n) is 4.61. The monoisotopic (exact) mass is 273 g/mol. The van der Waals surface area contributed by atoms with Gasteiger partial charge in [-0.1, -0.05) is 12.1 Å². The molecule has 0 bridgehead atoms. The number of nitrogens with zero attached hydrogens (tertiary/aromatic N) is 2. The molecule has 1 aliphatic heterocycles. The minimum Gasteiger partial charge on any atom is -0.486 e. The van der Waals surface area contributed by atoms with Gasteiger partial charge in [-0.25, -0.2) is 0 Å². The van der Waals surface area contributed by atoms with E-state index in [0.29, 0.717) is 24.5 Å². The first-order chi connectivity index (χ1) is 9.72. The van der Waals surface area contributed by atoms with Crippen molar-refractivity contribution in [2.75, 3.05) is 13.2 Å². The van der Waals surface area contributed by atoms with Crippen molar-refractivity contribution in [3.63, 3.8) is 0 Å². The van der Waals surface area contributed by atoms with Gasteiger partial charge in [0.1, 0.15) is 12.7 Å². The Hall–Kier alpha value is -2.50. The molecule has 0 aliphatic carbocycles. The normalized spacial score (nSPS) is 16.8. The molecule has 0 spiro atoms. The highest BCUT2D eigenvalue weighted by Crippen LogP contribution is 2.30. The van der Waals surface area contributed by atoms with Crippen molar-refractivity contribution < 1.29 is 14.3 Å². The van der Waals surface area contributed by atoms with Gasteiger partial charge in [-0.05, 0) is 12.1 Å². The Bertz CT molecular complexity index is 624. The summed E-state index contributed by atoms with van der Waals surface area (Å²) in [5.74, 6) is 1.28. The number of hydrogen-bond acceptors (Lipinski definition) is 4. The molecule has 1 aliphatic rings. The number of benzene rings is 1. The number of fused-ring (bicyclic) bond motifs is 1. The summed E-state index contributed by atoms with van der Waals surface area (Å²) in [5, 5.41) is 6.78. The van der Waals surface area contributed by atoms with E-state index in [1.165, 1.54) is 6.20 Å². The van der Waals surface area contributed by atoms with E-state index in [4.69, 9.17) is 9.47 Å². The van der Waals surface area contributed by atoms with Crippen molar-refractivity contribution in [1.29, 1.82) is 0 Å². The number of ether oxygens (including phenoxy) is 2. The zero-order valence-electron chi connectivity index (χ0n) is 11.1. The van der Waals surface area contributed by atoms with Gasteiger partial charge >= 0.3 is 0 Å². The van der Waals surface area contributed by atoms with Gasteiger partial charge in [0, 0.05) is 13.2 Å². The van der Waals surface area contributed by atoms with Gasteiger partial charge in [0.2, 0.25) is 0 Å². The third-order valence-corrected chi connectivity index (χ3v) is 3.02. The van der Waals surface area contributed by atoms with Crippen LogP contribution in [0, 0.1) is 0 Å². The zero-order valence-corrected chi connectivity index (χ0v) is 11.1. The molecule has 1 aromatic heterocycles. The summed E-state index contributed by atoms with van der Waals surface area (Å²) >= 11 is 0. The van der Waals surface area contributed by atoms with Crippen LogP contribution in [0.15, 0.2) is 36.7 Å². The summed E-state index contributed by atoms with van der Waals surface area (Å²) in [6.07, 6.45) is 3.01. The molecular formula is C14H15N3O3. The maximum absolute atomic E-state index is 11.9. The molecule has 0 saturated heterocycles. The largest absolute Gasteiger partial charge is 0.486 e. The van der Waals surface area contributed by atoms with Crippen LogP contribution in [0.5, 0.6) is 11.5 Å². The van der Waals surface area contributed by atoms with Crippen LogP contribution in [0.4, 0.5) is 0 Å². The second kappa shape index (κ2) is 5.24. The van der Waals surface area contributed by atoms with E-state index in [0.717, 1.165) is 5.75 Å².